The first-order chi connectivity index (χ1) is 10.3. The van der Waals surface area contributed by atoms with Crippen LogP contribution in [0.15, 0.2) is 12.1 Å². The standard InChI is InChI=1S/C16H28N2O3/c1-4-8-17-13-15-16(7-6-14(2)18-15)21-10-5-9-20-12-11-19-3/h6-7,17H,4-5,8-13H2,1-3H3. The van der Waals surface area contributed by atoms with E-state index in [9.17, 15) is 0 Å². The van der Waals surface area contributed by atoms with E-state index in [4.69, 9.17) is 14.2 Å². The Balaban J connectivity index is 2.32. The lowest BCUT2D eigenvalue weighted by molar-refractivity contribution is 0.0643. The minimum absolute atomic E-state index is 0.634. The Morgan fingerprint density at radius 1 is 1.14 bits per heavy atom. The third-order valence-corrected chi connectivity index (χ3v) is 2.91. The molecule has 1 aromatic rings. The quantitative estimate of drug-likeness (QED) is 0.600. The van der Waals surface area contributed by atoms with Gasteiger partial charge >= 0.3 is 0 Å². The summed E-state index contributed by atoms with van der Waals surface area (Å²) in [5.74, 6) is 0.862. The Morgan fingerprint density at radius 2 is 2.00 bits per heavy atom. The van der Waals surface area contributed by atoms with Gasteiger partial charge in [0.15, 0.2) is 0 Å². The molecular formula is C16H28N2O3. The van der Waals surface area contributed by atoms with Crippen molar-refractivity contribution < 1.29 is 14.2 Å². The fraction of sp³-hybridized carbons (Fsp3) is 0.688. The molecule has 0 unspecified atom stereocenters. The van der Waals surface area contributed by atoms with Gasteiger partial charge in [-0.3, -0.25) is 4.98 Å². The summed E-state index contributed by atoms with van der Waals surface area (Å²) >= 11 is 0. The van der Waals surface area contributed by atoms with Crippen LogP contribution in [0.25, 0.3) is 0 Å². The maximum Gasteiger partial charge on any atom is 0.142 e. The molecule has 5 heteroatoms. The van der Waals surface area contributed by atoms with E-state index in [-0.39, 0.29) is 0 Å². The van der Waals surface area contributed by atoms with Crippen LogP contribution in [0, 0.1) is 6.92 Å². The van der Waals surface area contributed by atoms with Crippen LogP contribution in [0.3, 0.4) is 0 Å². The first-order valence-electron chi connectivity index (χ1n) is 7.64. The van der Waals surface area contributed by atoms with Crippen LogP contribution in [0.5, 0.6) is 5.75 Å². The zero-order valence-corrected chi connectivity index (χ0v) is 13.5. The van der Waals surface area contributed by atoms with Crippen LogP contribution < -0.4 is 10.1 Å². The molecule has 0 spiro atoms. The molecular weight excluding hydrogens is 268 g/mol. The van der Waals surface area contributed by atoms with E-state index in [0.29, 0.717) is 26.4 Å². The predicted molar refractivity (Wildman–Crippen MR) is 83.8 cm³/mol. The lowest BCUT2D eigenvalue weighted by Gasteiger charge is -2.12. The smallest absolute Gasteiger partial charge is 0.142 e. The van der Waals surface area contributed by atoms with Gasteiger partial charge in [-0.2, -0.15) is 0 Å². The van der Waals surface area contributed by atoms with E-state index >= 15 is 0 Å². The topological polar surface area (TPSA) is 52.6 Å². The lowest BCUT2D eigenvalue weighted by Crippen LogP contribution is -2.16. The minimum atomic E-state index is 0.634. The van der Waals surface area contributed by atoms with Gasteiger partial charge in [0, 0.05) is 32.4 Å². The Morgan fingerprint density at radius 3 is 2.76 bits per heavy atom. The predicted octanol–water partition coefficient (Wildman–Crippen LogP) is 2.32. The summed E-state index contributed by atoms with van der Waals surface area (Å²) in [6.45, 7) is 8.47. The lowest BCUT2D eigenvalue weighted by atomic mass is 10.2. The van der Waals surface area contributed by atoms with Crippen LogP contribution in [-0.4, -0.2) is 45.1 Å². The molecule has 21 heavy (non-hydrogen) atoms. The molecule has 0 saturated carbocycles. The molecule has 0 fully saturated rings. The van der Waals surface area contributed by atoms with Crippen molar-refractivity contribution in [3.05, 3.63) is 23.5 Å². The summed E-state index contributed by atoms with van der Waals surface area (Å²) in [7, 11) is 1.67. The Hall–Kier alpha value is -1.17. The van der Waals surface area contributed by atoms with E-state index in [1.807, 2.05) is 19.1 Å². The number of aryl methyl sites for hydroxylation is 1. The first kappa shape index (κ1) is 17.9. The van der Waals surface area contributed by atoms with Crippen molar-refractivity contribution in [2.45, 2.75) is 33.2 Å². The molecule has 1 rings (SSSR count). The number of pyridine rings is 1. The second-order valence-electron chi connectivity index (χ2n) is 4.88. The van der Waals surface area contributed by atoms with Gasteiger partial charge < -0.3 is 19.5 Å². The summed E-state index contributed by atoms with van der Waals surface area (Å²) in [5, 5.41) is 3.36. The molecule has 1 heterocycles. The van der Waals surface area contributed by atoms with Gasteiger partial charge in [-0.05, 0) is 32.0 Å². The molecule has 0 aliphatic rings. The molecule has 1 aromatic heterocycles. The summed E-state index contributed by atoms with van der Waals surface area (Å²) in [5.41, 5.74) is 1.99. The Kier molecular flexibility index (Phi) is 9.78. The molecule has 120 valence electrons. The van der Waals surface area contributed by atoms with Gasteiger partial charge in [-0.25, -0.2) is 0 Å². The molecule has 0 radical (unpaired) electrons. The molecule has 0 aliphatic heterocycles. The summed E-state index contributed by atoms with van der Waals surface area (Å²) < 4.78 is 16.1. The number of hydrogen-bond donors (Lipinski definition) is 1. The first-order valence-corrected chi connectivity index (χ1v) is 7.64. The highest BCUT2D eigenvalue weighted by Gasteiger charge is 2.05. The fourth-order valence-electron chi connectivity index (χ4n) is 1.83. The van der Waals surface area contributed by atoms with Crippen molar-refractivity contribution in [3.8, 4) is 5.75 Å². The molecule has 0 aromatic carbocycles. The number of rotatable bonds is 12. The average Bonchev–Trinajstić information content (AvgIpc) is 2.48. The molecule has 5 nitrogen and oxygen atoms in total. The van der Waals surface area contributed by atoms with Gasteiger partial charge in [0.1, 0.15) is 5.75 Å². The Labute approximate surface area is 128 Å². The zero-order chi connectivity index (χ0) is 15.3. The van der Waals surface area contributed by atoms with Crippen LogP contribution in [0.4, 0.5) is 0 Å². The summed E-state index contributed by atoms with van der Waals surface area (Å²) in [6.07, 6.45) is 1.97. The van der Waals surface area contributed by atoms with Crippen LogP contribution in [0.1, 0.15) is 31.2 Å². The molecule has 0 saturated heterocycles. The normalized spacial score (nSPS) is 10.8. The van der Waals surface area contributed by atoms with Gasteiger partial charge in [0.2, 0.25) is 0 Å². The van der Waals surface area contributed by atoms with E-state index < -0.39 is 0 Å². The van der Waals surface area contributed by atoms with Crippen LogP contribution in [-0.2, 0) is 16.0 Å². The van der Waals surface area contributed by atoms with Gasteiger partial charge in [0.25, 0.3) is 0 Å². The molecule has 0 amide bonds. The number of nitrogens with one attached hydrogen (secondary N) is 1. The number of nitrogens with zero attached hydrogens (tertiary/aromatic N) is 1. The molecule has 0 atom stereocenters. The fourth-order valence-corrected chi connectivity index (χ4v) is 1.83. The van der Waals surface area contributed by atoms with Crippen LogP contribution in [0.2, 0.25) is 0 Å². The number of hydrogen-bond acceptors (Lipinski definition) is 5. The van der Waals surface area contributed by atoms with E-state index in [2.05, 4.69) is 17.2 Å². The van der Waals surface area contributed by atoms with Crippen molar-refractivity contribution in [3.63, 3.8) is 0 Å². The van der Waals surface area contributed by atoms with Crippen molar-refractivity contribution in [1.29, 1.82) is 0 Å². The maximum atomic E-state index is 5.82. The number of ether oxygens (including phenoxy) is 3. The van der Waals surface area contributed by atoms with E-state index in [0.717, 1.165) is 43.1 Å². The van der Waals surface area contributed by atoms with Crippen molar-refractivity contribution in [2.75, 3.05) is 40.1 Å². The highest BCUT2D eigenvalue weighted by Crippen LogP contribution is 2.17. The second-order valence-corrected chi connectivity index (χ2v) is 4.88. The summed E-state index contributed by atoms with van der Waals surface area (Å²) in [4.78, 5) is 4.55. The van der Waals surface area contributed by atoms with E-state index in [1.54, 1.807) is 7.11 Å². The molecule has 0 bridgehead atoms. The summed E-state index contributed by atoms with van der Waals surface area (Å²) in [6, 6.07) is 3.98. The highest BCUT2D eigenvalue weighted by atomic mass is 16.5. The number of aromatic nitrogens is 1. The minimum Gasteiger partial charge on any atom is -0.492 e. The van der Waals surface area contributed by atoms with E-state index in [1.165, 1.54) is 0 Å². The second kappa shape index (κ2) is 11.5. The Bertz CT molecular complexity index is 386. The molecule has 1 N–H and O–H groups in total. The highest BCUT2D eigenvalue weighted by molar-refractivity contribution is 5.29. The van der Waals surface area contributed by atoms with Gasteiger partial charge in [-0.1, -0.05) is 6.92 Å². The largest absolute Gasteiger partial charge is 0.492 e. The molecule has 0 aliphatic carbocycles. The maximum absolute atomic E-state index is 5.82. The van der Waals surface area contributed by atoms with Gasteiger partial charge in [0.05, 0.1) is 25.5 Å². The third kappa shape index (κ3) is 7.99. The number of methoxy groups -OCH3 is 1. The monoisotopic (exact) mass is 296 g/mol. The van der Waals surface area contributed by atoms with Crippen LogP contribution >= 0.6 is 0 Å². The zero-order valence-electron chi connectivity index (χ0n) is 13.5. The van der Waals surface area contributed by atoms with Gasteiger partial charge in [-0.15, -0.1) is 0 Å². The third-order valence-electron chi connectivity index (χ3n) is 2.91. The van der Waals surface area contributed by atoms with Crippen molar-refractivity contribution in [1.82, 2.24) is 10.3 Å². The SMILES string of the molecule is CCCNCc1nc(C)ccc1OCCCOCCOC. The van der Waals surface area contributed by atoms with Crippen molar-refractivity contribution >= 4 is 0 Å². The average molecular weight is 296 g/mol. The van der Waals surface area contributed by atoms with Crippen molar-refractivity contribution in [2.24, 2.45) is 0 Å².